The molecule has 1 aliphatic heterocycles. The molecule has 0 unspecified atom stereocenters. The number of amides is 1. The van der Waals surface area contributed by atoms with Crippen LogP contribution in [0.3, 0.4) is 0 Å². The summed E-state index contributed by atoms with van der Waals surface area (Å²) < 4.78 is 30.1. The molecule has 0 saturated heterocycles. The summed E-state index contributed by atoms with van der Waals surface area (Å²) in [5.41, 5.74) is 5.26. The molecule has 3 aromatic rings. The van der Waals surface area contributed by atoms with Crippen molar-refractivity contribution in [3.05, 3.63) is 46.9 Å². The maximum absolute atomic E-state index is 14.2. The molecule has 7 nitrogen and oxygen atoms in total. The summed E-state index contributed by atoms with van der Waals surface area (Å²) in [5, 5.41) is 14.7. The fraction of sp³-hybridized carbons (Fsp3) is 0.500. The molecule has 3 heterocycles. The van der Waals surface area contributed by atoms with Gasteiger partial charge in [0.05, 0.1) is 6.20 Å². The van der Waals surface area contributed by atoms with E-state index in [1.54, 1.807) is 30.2 Å². The molecule has 0 spiro atoms. The third-order valence-corrected chi connectivity index (χ3v) is 6.53. The number of aromatic amines is 1. The van der Waals surface area contributed by atoms with Crippen LogP contribution < -0.4 is 10.2 Å². The van der Waals surface area contributed by atoms with Gasteiger partial charge in [-0.1, -0.05) is 20.8 Å². The van der Waals surface area contributed by atoms with Crippen LogP contribution in [0.5, 0.6) is 0 Å². The first-order valence-electron chi connectivity index (χ1n) is 12.1. The van der Waals surface area contributed by atoms with E-state index >= 15 is 0 Å². The first-order chi connectivity index (χ1) is 16.7. The van der Waals surface area contributed by atoms with Gasteiger partial charge in [0.25, 0.3) is 6.43 Å². The zero-order chi connectivity index (χ0) is 25.2. The molecule has 9 heteroatoms. The summed E-state index contributed by atoms with van der Waals surface area (Å²) in [5.74, 6) is 0.797. The minimum atomic E-state index is -2.61. The number of aryl methyl sites for hydroxylation is 2. The van der Waals surface area contributed by atoms with Crippen molar-refractivity contribution in [2.24, 2.45) is 12.5 Å². The second kappa shape index (κ2) is 10.2. The van der Waals surface area contributed by atoms with Crippen molar-refractivity contribution < 1.29 is 13.6 Å². The van der Waals surface area contributed by atoms with Crippen LogP contribution in [0.4, 0.5) is 20.3 Å². The summed E-state index contributed by atoms with van der Waals surface area (Å²) in [7, 11) is 1.78. The monoisotopic (exact) mass is 484 g/mol. The number of rotatable bonds is 9. The van der Waals surface area contributed by atoms with E-state index in [0.717, 1.165) is 54.0 Å². The van der Waals surface area contributed by atoms with Gasteiger partial charge in [-0.05, 0) is 54.4 Å². The second-order valence-corrected chi connectivity index (χ2v) is 10.4. The summed E-state index contributed by atoms with van der Waals surface area (Å²) >= 11 is 0. The van der Waals surface area contributed by atoms with E-state index in [-0.39, 0.29) is 11.0 Å². The molecular formula is C26H34F2N6O. The van der Waals surface area contributed by atoms with Crippen LogP contribution in [0.25, 0.3) is 11.1 Å². The van der Waals surface area contributed by atoms with Crippen molar-refractivity contribution in [2.45, 2.75) is 59.3 Å². The lowest BCUT2D eigenvalue weighted by molar-refractivity contribution is -0.109. The molecule has 1 aliphatic rings. The van der Waals surface area contributed by atoms with E-state index in [9.17, 15) is 13.6 Å². The van der Waals surface area contributed by atoms with Crippen molar-refractivity contribution >= 4 is 17.9 Å². The zero-order valence-electron chi connectivity index (χ0n) is 20.9. The van der Waals surface area contributed by atoms with E-state index in [4.69, 9.17) is 0 Å². The minimum Gasteiger partial charge on any atom is -0.358 e. The highest BCUT2D eigenvalue weighted by Crippen LogP contribution is 2.42. The molecule has 2 aromatic heterocycles. The van der Waals surface area contributed by atoms with Gasteiger partial charge in [-0.15, -0.1) is 0 Å². The molecule has 0 saturated carbocycles. The van der Waals surface area contributed by atoms with Crippen molar-refractivity contribution in [3.8, 4) is 11.1 Å². The maximum atomic E-state index is 14.2. The Bertz CT molecular complexity index is 1180. The van der Waals surface area contributed by atoms with Crippen LogP contribution in [0, 0.1) is 5.41 Å². The smallest absolute Gasteiger partial charge is 0.264 e. The van der Waals surface area contributed by atoms with Gasteiger partial charge in [0.2, 0.25) is 6.41 Å². The van der Waals surface area contributed by atoms with Gasteiger partial charge in [-0.2, -0.15) is 10.2 Å². The van der Waals surface area contributed by atoms with Gasteiger partial charge in [-0.25, -0.2) is 8.78 Å². The van der Waals surface area contributed by atoms with Gasteiger partial charge in [-0.3, -0.25) is 14.6 Å². The number of alkyl halides is 2. The number of carbonyl (C=O) groups is 1. The number of halogens is 2. The Labute approximate surface area is 204 Å². The largest absolute Gasteiger partial charge is 0.358 e. The molecule has 2 N–H and O–H groups in total. The molecule has 35 heavy (non-hydrogen) atoms. The maximum Gasteiger partial charge on any atom is 0.264 e. The average molecular weight is 485 g/mol. The highest BCUT2D eigenvalue weighted by molar-refractivity contribution is 5.76. The summed E-state index contributed by atoms with van der Waals surface area (Å²) in [6.07, 6.45) is 5.61. The highest BCUT2D eigenvalue weighted by atomic mass is 19.3. The van der Waals surface area contributed by atoms with Crippen molar-refractivity contribution in [2.75, 3.05) is 18.0 Å². The predicted octanol–water partition coefficient (Wildman–Crippen LogP) is 5.10. The van der Waals surface area contributed by atoms with E-state index in [1.165, 1.54) is 0 Å². The molecule has 4 rings (SSSR count). The van der Waals surface area contributed by atoms with E-state index < -0.39 is 6.43 Å². The number of benzene rings is 1. The van der Waals surface area contributed by atoms with Crippen LogP contribution in [-0.4, -0.2) is 39.5 Å². The van der Waals surface area contributed by atoms with Crippen molar-refractivity contribution in [3.63, 3.8) is 0 Å². The molecule has 0 atom stereocenters. The molecule has 0 radical (unpaired) electrons. The standard InChI is InChI=1S/C26H34F2N6O/c1-26(2,3)9-7-19-22(8-10-29-16-35)31-32-25(19)34-11-5-6-17-12-20(18-14-30-33(4)15-18)21(24(27)28)13-23(17)34/h12-16,24H,5-11H2,1-4H3,(H,29,35)(H,31,32). The molecular weight excluding hydrogens is 450 g/mol. The summed E-state index contributed by atoms with van der Waals surface area (Å²) in [6, 6.07) is 3.54. The Hall–Kier alpha value is -3.23. The number of hydrogen-bond acceptors (Lipinski definition) is 4. The van der Waals surface area contributed by atoms with Gasteiger partial charge >= 0.3 is 0 Å². The Morgan fingerprint density at radius 3 is 2.71 bits per heavy atom. The highest BCUT2D eigenvalue weighted by Gasteiger charge is 2.28. The number of H-pyrrole nitrogens is 1. The molecule has 1 aromatic carbocycles. The topological polar surface area (TPSA) is 78.8 Å². The summed E-state index contributed by atoms with van der Waals surface area (Å²) in [4.78, 5) is 12.8. The fourth-order valence-corrected chi connectivity index (χ4v) is 4.70. The number of hydrogen-bond donors (Lipinski definition) is 2. The Kier molecular flexibility index (Phi) is 7.23. The minimum absolute atomic E-state index is 0.00540. The zero-order valence-corrected chi connectivity index (χ0v) is 20.9. The van der Waals surface area contributed by atoms with Crippen LogP contribution in [0.1, 0.15) is 62.4 Å². The van der Waals surface area contributed by atoms with E-state index in [1.807, 2.05) is 6.07 Å². The van der Waals surface area contributed by atoms with Crippen molar-refractivity contribution in [1.82, 2.24) is 25.3 Å². The molecule has 0 bridgehead atoms. The average Bonchev–Trinajstić information content (AvgIpc) is 3.42. The SMILES string of the molecule is Cn1cc(-c2cc3c(cc2C(F)F)N(c2n[nH]c(CCNC=O)c2CCC(C)(C)C)CCC3)cn1. The van der Waals surface area contributed by atoms with E-state index in [0.29, 0.717) is 37.0 Å². The van der Waals surface area contributed by atoms with Crippen LogP contribution in [0.15, 0.2) is 24.5 Å². The fourth-order valence-electron chi connectivity index (χ4n) is 4.70. The van der Waals surface area contributed by atoms with Gasteiger partial charge in [0.1, 0.15) is 0 Å². The lowest BCUT2D eigenvalue weighted by Crippen LogP contribution is -2.26. The van der Waals surface area contributed by atoms with E-state index in [2.05, 4.69) is 46.3 Å². The lowest BCUT2D eigenvalue weighted by Gasteiger charge is -2.32. The Morgan fingerprint density at radius 1 is 1.26 bits per heavy atom. The van der Waals surface area contributed by atoms with Crippen LogP contribution in [-0.2, 0) is 31.1 Å². The number of fused-ring (bicyclic) bond motifs is 1. The third kappa shape index (κ3) is 5.55. The van der Waals surface area contributed by atoms with Crippen molar-refractivity contribution in [1.29, 1.82) is 0 Å². The number of nitrogens with zero attached hydrogens (tertiary/aromatic N) is 4. The molecule has 0 aliphatic carbocycles. The number of anilines is 2. The van der Waals surface area contributed by atoms with Gasteiger partial charge < -0.3 is 10.2 Å². The predicted molar refractivity (Wildman–Crippen MR) is 133 cm³/mol. The Morgan fingerprint density at radius 2 is 2.06 bits per heavy atom. The number of aromatic nitrogens is 4. The first-order valence-corrected chi connectivity index (χ1v) is 12.1. The second-order valence-electron chi connectivity index (χ2n) is 10.4. The third-order valence-electron chi connectivity index (χ3n) is 6.53. The first kappa shape index (κ1) is 24.9. The molecule has 1 amide bonds. The normalized spacial score (nSPS) is 13.9. The van der Waals surface area contributed by atoms with Gasteiger partial charge in [0, 0.05) is 60.8 Å². The quantitative estimate of drug-likeness (QED) is 0.327. The number of carbonyl (C=O) groups excluding carboxylic acids is 1. The number of nitrogens with one attached hydrogen (secondary N) is 2. The summed E-state index contributed by atoms with van der Waals surface area (Å²) in [6.45, 7) is 7.82. The van der Waals surface area contributed by atoms with Gasteiger partial charge in [0.15, 0.2) is 5.82 Å². The molecule has 0 fully saturated rings. The lowest BCUT2D eigenvalue weighted by atomic mass is 9.88. The molecule has 188 valence electrons. The van der Waals surface area contributed by atoms with Crippen LogP contribution in [0.2, 0.25) is 0 Å². The Balaban J connectivity index is 1.76. The van der Waals surface area contributed by atoms with Crippen LogP contribution >= 0.6 is 0 Å².